The van der Waals surface area contributed by atoms with E-state index in [1.165, 1.54) is 19.3 Å². The highest BCUT2D eigenvalue weighted by Gasteiger charge is 2.28. The third kappa shape index (κ3) is 2.08. The number of aromatic nitrogens is 4. The Hall–Kier alpha value is -1.62. The molecule has 1 saturated carbocycles. The minimum absolute atomic E-state index is 0.288. The Morgan fingerprint density at radius 1 is 1.42 bits per heavy atom. The highest BCUT2D eigenvalue weighted by molar-refractivity contribution is 6.35. The molecule has 0 saturated heterocycles. The molecule has 2 aromatic rings. The molecular formula is C13H16ClN5. The molecule has 3 rings (SSSR count). The number of hydrogen-bond donors (Lipinski definition) is 1. The number of anilines is 1. The largest absolute Gasteiger partial charge is 0.398 e. The van der Waals surface area contributed by atoms with Crippen LogP contribution in [-0.4, -0.2) is 20.2 Å². The van der Waals surface area contributed by atoms with Gasteiger partial charge in [0.05, 0.1) is 16.8 Å². The monoisotopic (exact) mass is 277 g/mol. The van der Waals surface area contributed by atoms with Crippen LogP contribution in [0.1, 0.15) is 32.2 Å². The van der Waals surface area contributed by atoms with E-state index in [0.29, 0.717) is 22.5 Å². The second kappa shape index (κ2) is 4.81. The SMILES string of the molecule is CC(C1CCC1)n1nnnc1-c1cccc(N)c1Cl. The molecule has 1 aromatic carbocycles. The maximum Gasteiger partial charge on any atom is 0.183 e. The Balaban J connectivity index is 2.01. The van der Waals surface area contributed by atoms with Crippen molar-refractivity contribution in [3.63, 3.8) is 0 Å². The zero-order valence-electron chi connectivity index (χ0n) is 10.8. The van der Waals surface area contributed by atoms with Crippen molar-refractivity contribution in [1.82, 2.24) is 20.2 Å². The van der Waals surface area contributed by atoms with Crippen LogP contribution in [0, 0.1) is 5.92 Å². The number of rotatable bonds is 3. The second-order valence-corrected chi connectivity index (χ2v) is 5.47. The Kier molecular flexibility index (Phi) is 3.14. The Morgan fingerprint density at radius 3 is 2.89 bits per heavy atom. The molecule has 1 unspecified atom stereocenters. The predicted octanol–water partition coefficient (Wildman–Crippen LogP) is 2.94. The summed E-state index contributed by atoms with van der Waals surface area (Å²) in [7, 11) is 0. The maximum absolute atomic E-state index is 6.25. The molecule has 1 heterocycles. The minimum Gasteiger partial charge on any atom is -0.398 e. The quantitative estimate of drug-likeness (QED) is 0.876. The van der Waals surface area contributed by atoms with Gasteiger partial charge in [-0.1, -0.05) is 24.1 Å². The molecule has 0 bridgehead atoms. The number of benzene rings is 1. The normalized spacial score (nSPS) is 17.2. The number of halogens is 1. The summed E-state index contributed by atoms with van der Waals surface area (Å²) in [5.41, 5.74) is 7.18. The summed E-state index contributed by atoms with van der Waals surface area (Å²) in [5, 5.41) is 12.5. The van der Waals surface area contributed by atoms with Gasteiger partial charge in [-0.25, -0.2) is 4.68 Å². The van der Waals surface area contributed by atoms with E-state index in [-0.39, 0.29) is 6.04 Å². The molecule has 0 spiro atoms. The first-order chi connectivity index (χ1) is 9.18. The van der Waals surface area contributed by atoms with Gasteiger partial charge in [0.2, 0.25) is 0 Å². The molecule has 1 fully saturated rings. The summed E-state index contributed by atoms with van der Waals surface area (Å²) in [4.78, 5) is 0. The summed E-state index contributed by atoms with van der Waals surface area (Å²) in [6.07, 6.45) is 3.78. The van der Waals surface area contributed by atoms with E-state index in [1.54, 1.807) is 6.07 Å². The zero-order valence-corrected chi connectivity index (χ0v) is 11.5. The molecule has 0 aliphatic heterocycles. The van der Waals surface area contributed by atoms with E-state index < -0.39 is 0 Å². The highest BCUT2D eigenvalue weighted by atomic mass is 35.5. The average molecular weight is 278 g/mol. The van der Waals surface area contributed by atoms with Crippen LogP contribution in [-0.2, 0) is 0 Å². The van der Waals surface area contributed by atoms with E-state index in [4.69, 9.17) is 17.3 Å². The van der Waals surface area contributed by atoms with Crippen LogP contribution in [0.25, 0.3) is 11.4 Å². The van der Waals surface area contributed by atoms with Crippen LogP contribution in [0.3, 0.4) is 0 Å². The van der Waals surface area contributed by atoms with Crippen molar-refractivity contribution in [2.45, 2.75) is 32.2 Å². The van der Waals surface area contributed by atoms with Gasteiger partial charge in [-0.3, -0.25) is 0 Å². The third-order valence-corrected chi connectivity index (χ3v) is 4.40. The van der Waals surface area contributed by atoms with E-state index in [1.807, 2.05) is 16.8 Å². The lowest BCUT2D eigenvalue weighted by Crippen LogP contribution is -2.24. The molecule has 1 aliphatic carbocycles. The van der Waals surface area contributed by atoms with Crippen molar-refractivity contribution in [3.05, 3.63) is 23.2 Å². The van der Waals surface area contributed by atoms with Gasteiger partial charge in [-0.15, -0.1) is 5.10 Å². The van der Waals surface area contributed by atoms with Gasteiger partial charge in [0, 0.05) is 5.56 Å². The summed E-state index contributed by atoms with van der Waals surface area (Å²) < 4.78 is 1.87. The minimum atomic E-state index is 0.288. The molecule has 0 amide bonds. The first kappa shape index (κ1) is 12.4. The van der Waals surface area contributed by atoms with Crippen molar-refractivity contribution in [3.8, 4) is 11.4 Å². The molecule has 1 aliphatic rings. The molecule has 1 atom stereocenters. The molecule has 0 radical (unpaired) electrons. The average Bonchev–Trinajstić information content (AvgIpc) is 2.79. The van der Waals surface area contributed by atoms with Crippen molar-refractivity contribution in [2.75, 3.05) is 5.73 Å². The van der Waals surface area contributed by atoms with Crippen molar-refractivity contribution < 1.29 is 0 Å². The molecule has 1 aromatic heterocycles. The van der Waals surface area contributed by atoms with Gasteiger partial charge in [0.25, 0.3) is 0 Å². The lowest BCUT2D eigenvalue weighted by molar-refractivity contribution is 0.210. The third-order valence-electron chi connectivity index (χ3n) is 3.98. The van der Waals surface area contributed by atoms with E-state index in [0.717, 1.165) is 5.56 Å². The molecule has 5 nitrogen and oxygen atoms in total. The Labute approximate surface area is 116 Å². The van der Waals surface area contributed by atoms with Gasteiger partial charge >= 0.3 is 0 Å². The van der Waals surface area contributed by atoms with E-state index in [2.05, 4.69) is 22.4 Å². The summed E-state index contributed by atoms with van der Waals surface area (Å²) in [5.74, 6) is 1.35. The van der Waals surface area contributed by atoms with Crippen LogP contribution in [0.2, 0.25) is 5.02 Å². The molecule has 2 N–H and O–H groups in total. The van der Waals surface area contributed by atoms with Gasteiger partial charge in [0.1, 0.15) is 0 Å². The number of tetrazole rings is 1. The molecule has 6 heteroatoms. The van der Waals surface area contributed by atoms with Crippen LogP contribution in [0.4, 0.5) is 5.69 Å². The van der Waals surface area contributed by atoms with Crippen LogP contribution >= 0.6 is 11.6 Å². The summed E-state index contributed by atoms with van der Waals surface area (Å²) in [6.45, 7) is 2.16. The smallest absolute Gasteiger partial charge is 0.183 e. The second-order valence-electron chi connectivity index (χ2n) is 5.09. The van der Waals surface area contributed by atoms with Crippen molar-refractivity contribution >= 4 is 17.3 Å². The van der Waals surface area contributed by atoms with Gasteiger partial charge in [0.15, 0.2) is 5.82 Å². The zero-order chi connectivity index (χ0) is 13.4. The standard InChI is InChI=1S/C13H16ClN5/c1-8(9-4-2-5-9)19-13(16-17-18-19)10-6-3-7-11(15)12(10)14/h3,6-9H,2,4-5,15H2,1H3. The molecular weight excluding hydrogens is 262 g/mol. The van der Waals surface area contributed by atoms with E-state index >= 15 is 0 Å². The van der Waals surface area contributed by atoms with Crippen LogP contribution in [0.5, 0.6) is 0 Å². The fraction of sp³-hybridized carbons (Fsp3) is 0.462. The van der Waals surface area contributed by atoms with Crippen LogP contribution in [0.15, 0.2) is 18.2 Å². The fourth-order valence-electron chi connectivity index (χ4n) is 2.49. The first-order valence-electron chi connectivity index (χ1n) is 6.50. The van der Waals surface area contributed by atoms with Crippen molar-refractivity contribution in [2.24, 2.45) is 5.92 Å². The summed E-state index contributed by atoms with van der Waals surface area (Å²) in [6, 6.07) is 5.82. The topological polar surface area (TPSA) is 69.6 Å². The summed E-state index contributed by atoms with van der Waals surface area (Å²) >= 11 is 6.25. The highest BCUT2D eigenvalue weighted by Crippen LogP contribution is 2.38. The Bertz CT molecular complexity index is 590. The number of nitrogens with zero attached hydrogens (tertiary/aromatic N) is 4. The van der Waals surface area contributed by atoms with E-state index in [9.17, 15) is 0 Å². The molecule has 19 heavy (non-hydrogen) atoms. The number of nitrogen functional groups attached to an aromatic ring is 1. The number of nitrogens with two attached hydrogens (primary N) is 1. The first-order valence-corrected chi connectivity index (χ1v) is 6.88. The van der Waals surface area contributed by atoms with Gasteiger partial charge in [-0.2, -0.15) is 0 Å². The molecule has 100 valence electrons. The number of hydrogen-bond acceptors (Lipinski definition) is 4. The van der Waals surface area contributed by atoms with Crippen LogP contribution < -0.4 is 5.73 Å². The van der Waals surface area contributed by atoms with Gasteiger partial charge < -0.3 is 5.73 Å². The van der Waals surface area contributed by atoms with Crippen molar-refractivity contribution in [1.29, 1.82) is 0 Å². The van der Waals surface area contributed by atoms with Gasteiger partial charge in [-0.05, 0) is 48.2 Å². The lowest BCUT2D eigenvalue weighted by Gasteiger charge is -2.31. The lowest BCUT2D eigenvalue weighted by atomic mass is 9.80. The maximum atomic E-state index is 6.25. The predicted molar refractivity (Wildman–Crippen MR) is 74.7 cm³/mol. The fourth-order valence-corrected chi connectivity index (χ4v) is 2.70. The Morgan fingerprint density at radius 2 is 2.21 bits per heavy atom.